The first kappa shape index (κ1) is 53.9. The quantitative estimate of drug-likeness (QED) is 0.0989. The summed E-state index contributed by atoms with van der Waals surface area (Å²) in [5.74, 6) is 2.72. The van der Waals surface area contributed by atoms with Gasteiger partial charge in [0.2, 0.25) is 0 Å². The van der Waals surface area contributed by atoms with Gasteiger partial charge >= 0.3 is 6.61 Å². The minimum absolute atomic E-state index is 0.0215. The number of imidazole rings is 1. The minimum Gasteiger partial charge on any atom is -0.457 e. The molecule has 5 fully saturated rings. The number of hydrogen-bond donors (Lipinski definition) is 2. The Kier molecular flexibility index (Phi) is 15.6. The van der Waals surface area contributed by atoms with Gasteiger partial charge in [-0.25, -0.2) is 4.98 Å². The van der Waals surface area contributed by atoms with E-state index in [1.54, 1.807) is 25.3 Å². The fourth-order valence-corrected chi connectivity index (χ4v) is 15.2. The highest BCUT2D eigenvalue weighted by Crippen LogP contribution is 2.63. The van der Waals surface area contributed by atoms with E-state index < -0.39 is 17.4 Å². The SMILES string of the molecule is CCC12C(=O)C34C5C[C@H](Cc6ccc(Cl)cc6)N(C)C3[C@@H](COC)NC4[C@H](C)N(Cc3ccc(Cl)cc3Oc3ccc(-c4cnc(CN(C)C)n4C)cc3)C1C[C@@H](Cc1cccc(OC(F)F)c1)C2N(C)[C@@H](C)CN5. The summed E-state index contributed by atoms with van der Waals surface area (Å²) in [6.45, 7) is 6.23. The number of likely N-dealkylation sites (N-methyl/N-ethyl adjacent to an activating group) is 2. The number of benzene rings is 4. The van der Waals surface area contributed by atoms with Gasteiger partial charge in [0.1, 0.15) is 23.1 Å². The second kappa shape index (κ2) is 21.7. The molecule has 0 radical (unpaired) electrons. The zero-order valence-corrected chi connectivity index (χ0v) is 46.3. The molecule has 10 rings (SSSR count). The van der Waals surface area contributed by atoms with E-state index in [0.29, 0.717) is 66.3 Å². The van der Waals surface area contributed by atoms with Crippen molar-refractivity contribution in [2.75, 3.05) is 48.5 Å². The van der Waals surface area contributed by atoms with Crippen LogP contribution in [0, 0.1) is 16.7 Å². The van der Waals surface area contributed by atoms with E-state index >= 15 is 4.79 Å². The molecule has 0 amide bonds. The smallest absolute Gasteiger partial charge is 0.387 e. The van der Waals surface area contributed by atoms with Crippen molar-refractivity contribution in [1.82, 2.24) is 39.8 Å². The largest absolute Gasteiger partial charge is 0.457 e. The van der Waals surface area contributed by atoms with Crippen LogP contribution in [0.4, 0.5) is 8.78 Å². The lowest BCUT2D eigenvalue weighted by atomic mass is 9.54. The van der Waals surface area contributed by atoms with E-state index in [2.05, 4.69) is 100.0 Å². The molecule has 2 N–H and O–H groups in total. The number of Topliss-reactive ketones (excluding diaryl/α,β-unsaturated/α-hetero) is 1. The number of halogens is 4. The zero-order valence-electron chi connectivity index (χ0n) is 44.8. The third kappa shape index (κ3) is 9.73. The second-order valence-corrected chi connectivity index (χ2v) is 23.4. The number of piperidine rings is 1. The summed E-state index contributed by atoms with van der Waals surface area (Å²) >= 11 is 13.3. The predicted octanol–water partition coefficient (Wildman–Crippen LogP) is 9.60. The van der Waals surface area contributed by atoms with Crippen molar-refractivity contribution in [3.8, 4) is 28.5 Å². The first-order valence-electron chi connectivity index (χ1n) is 26.7. The van der Waals surface area contributed by atoms with Crippen LogP contribution in [0.15, 0.2) is 97.2 Å². The highest BCUT2D eigenvalue weighted by atomic mass is 35.5. The Labute approximate surface area is 452 Å². The molecule has 75 heavy (non-hydrogen) atoms. The van der Waals surface area contributed by atoms with Gasteiger partial charge in [-0.1, -0.05) is 60.5 Å². The number of carbonyl (C=O) groups excluding carboxylic acids is 1. The normalized spacial score (nSPS) is 31.1. The van der Waals surface area contributed by atoms with Gasteiger partial charge in [-0.3, -0.25) is 19.5 Å². The topological polar surface area (TPSA) is 99.6 Å². The molecule has 4 saturated heterocycles. The molecule has 7 unspecified atom stereocenters. The Hall–Kier alpha value is -4.48. The Morgan fingerprint density at radius 1 is 0.880 bits per heavy atom. The Balaban J connectivity index is 1.09. The molecule has 5 aromatic rings. The van der Waals surface area contributed by atoms with Crippen LogP contribution < -0.4 is 20.1 Å². The third-order valence-electron chi connectivity index (χ3n) is 18.2. The number of methoxy groups -OCH3 is 1. The highest BCUT2D eigenvalue weighted by molar-refractivity contribution is 6.31. The van der Waals surface area contributed by atoms with Crippen LogP contribution in [-0.2, 0) is 42.5 Å². The van der Waals surface area contributed by atoms with Crippen LogP contribution in [0.25, 0.3) is 11.3 Å². The molecule has 1 aliphatic carbocycles. The van der Waals surface area contributed by atoms with Crippen molar-refractivity contribution in [2.24, 2.45) is 23.8 Å². The monoisotopic (exact) mass is 1070 g/mol. The standard InChI is InChI=1S/C59H74Cl2F2N8O4/c1-10-58-51-27-41(24-38-12-11-13-46(26-38)75-57(62)63)54(58)68(6)35(2)30-64-50-29-44(25-37-14-19-42(60)20-15-37)69(7)55-47(34-73-9)66-53(59(50,55)56(58)72)36(3)71(51)32-40-16-21-43(61)28-49(40)74-45-22-17-39(18-23-45)48-31-65-52(70(48)8)33-67(4)5/h11-23,26,28,31,35-36,41,44,47,50-51,53-55,57,64,66H,10,24-25,27,29-30,32-34H2,1-9H3/t35-,36-,41+,44-,47+,50?,51?,53?,54?,55?,58?,59?/m0/s1. The molecular formula is C59H74Cl2F2N8O4. The molecule has 1 aromatic heterocycles. The number of nitrogens with one attached hydrogen (secondary N) is 2. The molecule has 4 aliphatic heterocycles. The summed E-state index contributed by atoms with van der Waals surface area (Å²) in [4.78, 5) is 32.0. The average Bonchev–Trinajstić information content (AvgIpc) is 4.03. The Morgan fingerprint density at radius 2 is 1.63 bits per heavy atom. The van der Waals surface area contributed by atoms with E-state index in [0.717, 1.165) is 47.6 Å². The fourth-order valence-electron chi connectivity index (χ4n) is 14.9. The maximum Gasteiger partial charge on any atom is 0.387 e. The first-order chi connectivity index (χ1) is 36.0. The van der Waals surface area contributed by atoms with Gasteiger partial charge in [-0.05, 0) is 152 Å². The molecule has 16 heteroatoms. The van der Waals surface area contributed by atoms with Crippen LogP contribution in [0.3, 0.4) is 0 Å². The zero-order chi connectivity index (χ0) is 53.1. The van der Waals surface area contributed by atoms with Gasteiger partial charge in [0.15, 0.2) is 5.78 Å². The van der Waals surface area contributed by atoms with Crippen molar-refractivity contribution in [2.45, 2.75) is 127 Å². The maximum absolute atomic E-state index is 17.5. The molecule has 5 heterocycles. The number of ketones is 1. The highest BCUT2D eigenvalue weighted by Gasteiger charge is 2.77. The number of alkyl halides is 2. The van der Waals surface area contributed by atoms with Gasteiger partial charge in [-0.2, -0.15) is 8.78 Å². The van der Waals surface area contributed by atoms with Crippen molar-refractivity contribution in [3.05, 3.63) is 130 Å². The number of rotatable bonds is 16. The Morgan fingerprint density at radius 3 is 2.33 bits per heavy atom. The minimum atomic E-state index is -2.94. The van der Waals surface area contributed by atoms with Gasteiger partial charge in [-0.15, -0.1) is 0 Å². The lowest BCUT2D eigenvalue weighted by Crippen LogP contribution is -2.73. The maximum atomic E-state index is 17.5. The van der Waals surface area contributed by atoms with Crippen LogP contribution in [0.2, 0.25) is 10.0 Å². The van der Waals surface area contributed by atoms with Crippen molar-refractivity contribution in [3.63, 3.8) is 0 Å². The van der Waals surface area contributed by atoms with Gasteiger partial charge in [0.25, 0.3) is 0 Å². The van der Waals surface area contributed by atoms with Crippen LogP contribution in [0.5, 0.6) is 17.2 Å². The molecule has 5 aliphatic rings. The molecule has 1 spiro atoms. The van der Waals surface area contributed by atoms with Gasteiger partial charge in [0, 0.05) is 103 Å². The van der Waals surface area contributed by atoms with Crippen molar-refractivity contribution < 1.29 is 27.8 Å². The molecule has 2 bridgehead atoms. The number of aromatic nitrogens is 2. The van der Waals surface area contributed by atoms with E-state index in [4.69, 9.17) is 42.4 Å². The molecule has 1 saturated carbocycles. The lowest BCUT2D eigenvalue weighted by molar-refractivity contribution is -0.154. The number of nitrogens with zero attached hydrogens (tertiary/aromatic N) is 6. The molecule has 12 atom stereocenters. The lowest BCUT2D eigenvalue weighted by Gasteiger charge is -2.57. The van der Waals surface area contributed by atoms with E-state index in [1.165, 1.54) is 5.56 Å². The number of likely N-dealkylation sites (tertiary alicyclic amines) is 2. The summed E-state index contributed by atoms with van der Waals surface area (Å²) in [5.41, 5.74) is 3.34. The summed E-state index contributed by atoms with van der Waals surface area (Å²) in [6, 6.07) is 28.1. The molecular weight excluding hydrogens is 994 g/mol. The first-order valence-corrected chi connectivity index (χ1v) is 27.5. The summed E-state index contributed by atoms with van der Waals surface area (Å²) in [7, 11) is 12.3. The summed E-state index contributed by atoms with van der Waals surface area (Å²) in [6.07, 6.45) is 5.39. The molecule has 4 aromatic carbocycles. The van der Waals surface area contributed by atoms with E-state index in [9.17, 15) is 8.78 Å². The van der Waals surface area contributed by atoms with Crippen molar-refractivity contribution in [1.29, 1.82) is 0 Å². The second-order valence-electron chi connectivity index (χ2n) is 22.5. The van der Waals surface area contributed by atoms with Crippen LogP contribution in [0.1, 0.15) is 62.5 Å². The third-order valence-corrected chi connectivity index (χ3v) is 18.7. The average molecular weight is 1070 g/mol. The fraction of sp³-hybridized carbons (Fsp3) is 0.525. The van der Waals surface area contributed by atoms with E-state index in [1.807, 2.05) is 69.8 Å². The summed E-state index contributed by atoms with van der Waals surface area (Å²) in [5, 5.41) is 9.62. The van der Waals surface area contributed by atoms with Gasteiger partial charge in [0.05, 0.1) is 35.9 Å². The predicted molar refractivity (Wildman–Crippen MR) is 292 cm³/mol. The summed E-state index contributed by atoms with van der Waals surface area (Å²) < 4.78 is 47.4. The Bertz CT molecular complexity index is 2820. The number of hydrogen-bond acceptors (Lipinski definition) is 11. The van der Waals surface area contributed by atoms with Crippen LogP contribution in [-0.4, -0.2) is 144 Å². The van der Waals surface area contributed by atoms with Gasteiger partial charge < -0.3 is 34.3 Å². The van der Waals surface area contributed by atoms with E-state index in [-0.39, 0.29) is 66.0 Å². The molecule has 12 nitrogen and oxygen atoms in total. The van der Waals surface area contributed by atoms with Crippen LogP contribution >= 0.6 is 23.2 Å². The number of carbonyl (C=O) groups is 1. The number of ether oxygens (including phenoxy) is 3. The van der Waals surface area contributed by atoms with Crippen molar-refractivity contribution >= 4 is 29.0 Å². The molecule has 402 valence electrons.